The van der Waals surface area contributed by atoms with Crippen molar-refractivity contribution in [3.63, 3.8) is 0 Å². The van der Waals surface area contributed by atoms with E-state index in [0.29, 0.717) is 0 Å². The monoisotopic (exact) mass is 282 g/mol. The molecule has 4 N–H and O–H groups in total. The molecule has 0 aliphatic rings. The summed E-state index contributed by atoms with van der Waals surface area (Å²) < 4.78 is 0. The summed E-state index contributed by atoms with van der Waals surface area (Å²) in [7, 11) is -2.06. The van der Waals surface area contributed by atoms with Gasteiger partial charge in [0.25, 0.3) is 5.69 Å². The number of amides is 1. The van der Waals surface area contributed by atoms with Gasteiger partial charge in [-0.2, -0.15) is 0 Å². The fourth-order valence-electron chi connectivity index (χ4n) is 1.45. The molecule has 0 saturated heterocycles. The summed E-state index contributed by atoms with van der Waals surface area (Å²) in [6, 6.07) is 3.27. The van der Waals surface area contributed by atoms with E-state index in [1.807, 2.05) is 0 Å². The number of hydrogen-bond donors (Lipinski definition) is 4. The van der Waals surface area contributed by atoms with E-state index in [1.165, 1.54) is 6.07 Å². The number of nitrogens with zero attached hydrogens (tertiary/aromatic N) is 1. The molecule has 1 aromatic rings. The minimum Gasteiger partial charge on any atom is -0.481 e. The van der Waals surface area contributed by atoms with Crippen molar-refractivity contribution in [1.82, 2.24) is 0 Å². The number of nitro benzene ring substituents is 1. The Hall–Kier alpha value is -2.46. The third-order valence-electron chi connectivity index (χ3n) is 2.35. The Balaban J connectivity index is 2.87. The molecule has 0 unspecified atom stereocenters. The third-order valence-corrected chi connectivity index (χ3v) is 2.35. The molecule has 1 aromatic carbocycles. The van der Waals surface area contributed by atoms with E-state index in [-0.39, 0.29) is 24.0 Å². The molecule has 20 heavy (non-hydrogen) atoms. The van der Waals surface area contributed by atoms with Gasteiger partial charge >= 0.3 is 13.1 Å². The van der Waals surface area contributed by atoms with Crippen LogP contribution in [-0.4, -0.2) is 39.1 Å². The predicted octanol–water partition coefficient (Wildman–Crippen LogP) is -0.922. The molecule has 1 rings (SSSR count). The van der Waals surface area contributed by atoms with E-state index in [4.69, 9.17) is 15.2 Å². The first kappa shape index (κ1) is 15.6. The van der Waals surface area contributed by atoms with E-state index >= 15 is 0 Å². The molecule has 0 aromatic heterocycles. The highest BCUT2D eigenvalue weighted by molar-refractivity contribution is 6.60. The Kier molecular flexibility index (Phi) is 5.18. The van der Waals surface area contributed by atoms with Gasteiger partial charge in [-0.25, -0.2) is 0 Å². The van der Waals surface area contributed by atoms with Crippen LogP contribution in [0.15, 0.2) is 18.2 Å². The maximum Gasteiger partial charge on any atom is 0.495 e. The molecule has 0 atom stereocenters. The zero-order valence-electron chi connectivity index (χ0n) is 10.1. The maximum atomic E-state index is 11.4. The van der Waals surface area contributed by atoms with Crippen molar-refractivity contribution in [3.05, 3.63) is 28.3 Å². The van der Waals surface area contributed by atoms with Crippen LogP contribution in [-0.2, 0) is 9.59 Å². The van der Waals surface area contributed by atoms with Crippen molar-refractivity contribution in [2.75, 3.05) is 5.32 Å². The quantitative estimate of drug-likeness (QED) is 0.299. The average molecular weight is 282 g/mol. The lowest BCUT2D eigenvalue weighted by Gasteiger charge is -2.07. The topological polar surface area (TPSA) is 150 Å². The summed E-state index contributed by atoms with van der Waals surface area (Å²) >= 11 is 0. The van der Waals surface area contributed by atoms with Crippen LogP contribution in [0.5, 0.6) is 0 Å². The molecule has 0 aliphatic carbocycles. The molecule has 1 amide bonds. The number of anilines is 1. The van der Waals surface area contributed by atoms with Crippen LogP contribution in [0.25, 0.3) is 0 Å². The Morgan fingerprint density at radius 2 is 1.95 bits per heavy atom. The smallest absolute Gasteiger partial charge is 0.481 e. The van der Waals surface area contributed by atoms with Gasteiger partial charge in [0.15, 0.2) is 0 Å². The molecular weight excluding hydrogens is 271 g/mol. The number of nitro groups is 1. The van der Waals surface area contributed by atoms with Crippen molar-refractivity contribution in [2.45, 2.75) is 12.8 Å². The Labute approximate surface area is 113 Å². The number of carbonyl (C=O) groups is 2. The summed E-state index contributed by atoms with van der Waals surface area (Å²) in [4.78, 5) is 31.6. The largest absolute Gasteiger partial charge is 0.495 e. The van der Waals surface area contributed by atoms with Crippen molar-refractivity contribution in [1.29, 1.82) is 0 Å². The Morgan fingerprint density at radius 1 is 1.30 bits per heavy atom. The van der Waals surface area contributed by atoms with Crippen LogP contribution in [0.4, 0.5) is 11.4 Å². The highest BCUT2D eigenvalue weighted by atomic mass is 16.6. The lowest BCUT2D eigenvalue weighted by molar-refractivity contribution is -0.383. The van der Waals surface area contributed by atoms with Crippen molar-refractivity contribution >= 4 is 35.8 Å². The first-order chi connectivity index (χ1) is 9.31. The molecular formula is C10H11BN2O7. The fourth-order valence-corrected chi connectivity index (χ4v) is 1.45. The van der Waals surface area contributed by atoms with Gasteiger partial charge < -0.3 is 20.5 Å². The zero-order valence-corrected chi connectivity index (χ0v) is 10.1. The lowest BCUT2D eigenvalue weighted by Crippen LogP contribution is -2.32. The van der Waals surface area contributed by atoms with Crippen LogP contribution >= 0.6 is 0 Å². The molecule has 0 radical (unpaired) electrons. The van der Waals surface area contributed by atoms with Crippen molar-refractivity contribution in [2.24, 2.45) is 0 Å². The number of hydrogen-bond acceptors (Lipinski definition) is 6. The van der Waals surface area contributed by atoms with Crippen LogP contribution in [0.3, 0.4) is 0 Å². The van der Waals surface area contributed by atoms with E-state index in [1.54, 1.807) is 0 Å². The minimum absolute atomic E-state index is 0.106. The summed E-state index contributed by atoms with van der Waals surface area (Å²) in [6.07, 6.45) is -0.613. The van der Waals surface area contributed by atoms with Crippen LogP contribution in [0.2, 0.25) is 0 Å². The van der Waals surface area contributed by atoms with E-state index in [2.05, 4.69) is 5.32 Å². The number of benzene rings is 1. The number of carboxylic acids is 1. The van der Waals surface area contributed by atoms with Gasteiger partial charge in [0.05, 0.1) is 16.8 Å². The molecule has 0 spiro atoms. The van der Waals surface area contributed by atoms with Gasteiger partial charge in [-0.3, -0.25) is 19.7 Å². The molecule has 0 aliphatic heterocycles. The van der Waals surface area contributed by atoms with Gasteiger partial charge in [-0.1, -0.05) is 0 Å². The van der Waals surface area contributed by atoms with Gasteiger partial charge in [-0.05, 0) is 12.1 Å². The second-order valence-electron chi connectivity index (χ2n) is 3.85. The van der Waals surface area contributed by atoms with Crippen LogP contribution < -0.4 is 10.8 Å². The SMILES string of the molecule is O=C(O)CCC(=O)Nc1ccc([N+](=O)[O-])c(B(O)O)c1. The normalized spacial score (nSPS) is 9.90. The maximum absolute atomic E-state index is 11.4. The number of aliphatic carboxylic acids is 1. The van der Waals surface area contributed by atoms with Crippen LogP contribution in [0.1, 0.15) is 12.8 Å². The van der Waals surface area contributed by atoms with Crippen LogP contribution in [0, 0.1) is 10.1 Å². The van der Waals surface area contributed by atoms with E-state index in [9.17, 15) is 19.7 Å². The number of rotatable bonds is 6. The van der Waals surface area contributed by atoms with Crippen molar-refractivity contribution < 1.29 is 29.7 Å². The molecule has 106 valence electrons. The fraction of sp³-hybridized carbons (Fsp3) is 0.200. The summed E-state index contributed by atoms with van der Waals surface area (Å²) in [5, 5.41) is 39.5. The summed E-state index contributed by atoms with van der Waals surface area (Å²) in [5.41, 5.74) is -0.761. The Morgan fingerprint density at radius 3 is 2.45 bits per heavy atom. The lowest BCUT2D eigenvalue weighted by atomic mass is 9.79. The molecule has 10 heteroatoms. The molecule has 0 heterocycles. The third kappa shape index (κ3) is 4.33. The molecule has 0 bridgehead atoms. The summed E-state index contributed by atoms with van der Waals surface area (Å²) in [5.74, 6) is -1.73. The van der Waals surface area contributed by atoms with E-state index in [0.717, 1.165) is 12.1 Å². The highest BCUT2D eigenvalue weighted by Crippen LogP contribution is 2.14. The molecule has 0 saturated carbocycles. The van der Waals surface area contributed by atoms with Gasteiger partial charge in [0, 0.05) is 18.2 Å². The predicted molar refractivity (Wildman–Crippen MR) is 68.4 cm³/mol. The zero-order chi connectivity index (χ0) is 15.3. The second kappa shape index (κ2) is 6.64. The number of carbonyl (C=O) groups excluding carboxylic acids is 1. The average Bonchev–Trinajstić information content (AvgIpc) is 2.35. The summed E-state index contributed by atoms with van der Waals surface area (Å²) in [6.45, 7) is 0. The first-order valence-electron chi connectivity index (χ1n) is 5.47. The van der Waals surface area contributed by atoms with Gasteiger partial charge in [-0.15, -0.1) is 0 Å². The highest BCUT2D eigenvalue weighted by Gasteiger charge is 2.24. The first-order valence-corrected chi connectivity index (χ1v) is 5.47. The van der Waals surface area contributed by atoms with E-state index < -0.39 is 29.6 Å². The second-order valence-corrected chi connectivity index (χ2v) is 3.85. The standard InChI is InChI=1S/C10H11BN2O7/c14-9(3-4-10(15)16)12-6-1-2-8(13(19)20)7(5-6)11(17)18/h1-2,5,17-18H,3-4H2,(H,12,14)(H,15,16). The van der Waals surface area contributed by atoms with Gasteiger partial charge in [0.2, 0.25) is 5.91 Å². The molecule has 9 nitrogen and oxygen atoms in total. The minimum atomic E-state index is -2.06. The van der Waals surface area contributed by atoms with Gasteiger partial charge in [0.1, 0.15) is 0 Å². The number of nitrogens with one attached hydrogen (secondary N) is 1. The Bertz CT molecular complexity index is 546. The number of carboxylic acid groups (broad SMARTS) is 1. The van der Waals surface area contributed by atoms with Crippen molar-refractivity contribution in [3.8, 4) is 0 Å². The molecule has 0 fully saturated rings.